The molecule has 0 radical (unpaired) electrons. The number of likely N-dealkylation sites (tertiary alicyclic amines) is 1. The first kappa shape index (κ1) is 27.5. The molecule has 0 spiro atoms. The van der Waals surface area contributed by atoms with Gasteiger partial charge in [-0.05, 0) is 38.1 Å². The van der Waals surface area contributed by atoms with Gasteiger partial charge in [-0.25, -0.2) is 0 Å². The average molecular weight is 545 g/mol. The maximum atomic E-state index is 5.72. The predicted octanol–water partition coefficient (Wildman–Crippen LogP) is 7.82. The Bertz CT molecular complexity index is 824. The third-order valence-corrected chi connectivity index (χ3v) is 7.33. The molecule has 1 unspecified atom stereocenters. The van der Waals surface area contributed by atoms with Crippen LogP contribution < -0.4 is 4.74 Å². The Morgan fingerprint density at radius 3 is 2.44 bits per heavy atom. The van der Waals surface area contributed by atoms with Crippen molar-refractivity contribution in [3.63, 3.8) is 0 Å². The minimum absolute atomic E-state index is 0.191. The fourth-order valence-corrected chi connectivity index (χ4v) is 6.21. The molecule has 32 heavy (non-hydrogen) atoms. The van der Waals surface area contributed by atoms with Crippen LogP contribution in [0, 0.1) is 17.9 Å². The Morgan fingerprint density at radius 2 is 1.91 bits per heavy atom. The van der Waals surface area contributed by atoms with E-state index in [1.807, 2.05) is 42.7 Å². The van der Waals surface area contributed by atoms with Crippen molar-refractivity contribution in [3.05, 3.63) is 60.2 Å². The first-order chi connectivity index (χ1) is 15.0. The van der Waals surface area contributed by atoms with Crippen LogP contribution in [0.15, 0.2) is 48.1 Å². The number of rotatable bonds is 6. The van der Waals surface area contributed by atoms with Crippen LogP contribution in [-0.2, 0) is 15.7 Å². The molecule has 2 nitrogen and oxygen atoms in total. The van der Waals surface area contributed by atoms with Gasteiger partial charge in [-0.15, -0.1) is 5.41 Å². The van der Waals surface area contributed by atoms with E-state index in [2.05, 4.69) is 71.2 Å². The number of ether oxygens (including phenoxy) is 1. The molecule has 1 saturated heterocycles. The van der Waals surface area contributed by atoms with Crippen LogP contribution in [0.25, 0.3) is 0 Å². The molecule has 1 heterocycles. The Hall–Kier alpha value is -0.757. The number of allylic oxidation sites excluding steroid dienone is 2. The topological polar surface area (TPSA) is 12.5 Å². The van der Waals surface area contributed by atoms with Gasteiger partial charge in [-0.1, -0.05) is 57.9 Å². The maximum Gasteiger partial charge on any atom is 0.0104 e. The summed E-state index contributed by atoms with van der Waals surface area (Å²) in [5.41, 5.74) is 3.28. The second-order valence-electron chi connectivity index (χ2n) is 10.4. The van der Waals surface area contributed by atoms with Crippen molar-refractivity contribution in [1.82, 2.24) is 4.90 Å². The normalized spacial score (nSPS) is 24.6. The van der Waals surface area contributed by atoms with Gasteiger partial charge in [0.25, 0.3) is 0 Å². The van der Waals surface area contributed by atoms with Crippen molar-refractivity contribution in [3.8, 4) is 5.75 Å². The standard InChI is InChI=1S/C18H30N.C10H12O.ClH.Ru/c1-7-14-10-9-11-15(8-2)16(14)19-13-17(3,4)12-18(19,5)6;1-8(2)11-10-7-5-4-6-9(10)3;;/h9-11,13-14,16H,7-8,12H2,1-6H3;3-8H,1-2H3;1H;/q-1;;;+1/p-1/t14?,16-;;;/m0.../s1. The molecular formula is C28H42ClNORu-. The van der Waals surface area contributed by atoms with E-state index in [4.69, 9.17) is 14.4 Å². The van der Waals surface area contributed by atoms with Crippen LogP contribution in [0.4, 0.5) is 0 Å². The summed E-state index contributed by atoms with van der Waals surface area (Å²) in [4.78, 5) is 2.67. The Balaban J connectivity index is 0.000000244. The molecule has 2 atom stereocenters. The van der Waals surface area contributed by atoms with E-state index in [0.717, 1.165) is 17.7 Å². The van der Waals surface area contributed by atoms with Crippen molar-refractivity contribution in [2.24, 2.45) is 11.3 Å². The number of hydrogen-bond donors (Lipinski definition) is 0. The summed E-state index contributed by atoms with van der Waals surface area (Å²) >= 11 is -0.191. The maximum absolute atomic E-state index is 5.72. The molecule has 181 valence electrons. The molecule has 0 amide bonds. The van der Waals surface area contributed by atoms with Crippen molar-refractivity contribution < 1.29 is 20.4 Å². The van der Waals surface area contributed by atoms with E-state index in [-0.39, 0.29) is 27.3 Å². The van der Waals surface area contributed by atoms with Gasteiger partial charge in [0.1, 0.15) is 0 Å². The van der Waals surface area contributed by atoms with Crippen LogP contribution >= 0.6 is 9.69 Å². The zero-order chi connectivity index (χ0) is 23.9. The van der Waals surface area contributed by atoms with Crippen molar-refractivity contribution in [2.75, 3.05) is 0 Å². The van der Waals surface area contributed by atoms with E-state index in [1.54, 1.807) is 5.57 Å². The molecule has 0 saturated carbocycles. The van der Waals surface area contributed by atoms with Crippen LogP contribution in [0.3, 0.4) is 0 Å². The second-order valence-corrected chi connectivity index (χ2v) is 12.2. The summed E-state index contributed by atoms with van der Waals surface area (Å²) in [6.07, 6.45) is 10.8. The van der Waals surface area contributed by atoms with Crippen LogP contribution in [0.2, 0.25) is 0 Å². The number of benzene rings is 1. The molecule has 4 heteroatoms. The molecule has 0 N–H and O–H groups in total. The van der Waals surface area contributed by atoms with Crippen LogP contribution in [0.5, 0.6) is 5.75 Å². The van der Waals surface area contributed by atoms with E-state index in [0.29, 0.717) is 17.4 Å². The third kappa shape index (κ3) is 7.37. The minimum Gasteiger partial charge on any atom is -0.445 e. The smallest absolute Gasteiger partial charge is 0.0104 e. The third-order valence-electron chi connectivity index (χ3n) is 6.14. The fourth-order valence-electron chi connectivity index (χ4n) is 5.10. The minimum atomic E-state index is -0.191. The number of nitrogens with zero attached hydrogens (tertiary/aromatic N) is 1. The SMILES string of the molecule is CC(C)Oc1ccccc1[CH]=[Ru][Cl].CCC1=CC=CC(CC)[C@@H]1N1[CH-]C(C)(C)CC1(C)C. The molecule has 1 aliphatic heterocycles. The van der Waals surface area contributed by atoms with Gasteiger partial charge in [0.05, 0.1) is 0 Å². The van der Waals surface area contributed by atoms with E-state index in [1.165, 1.54) is 12.8 Å². The van der Waals surface area contributed by atoms with Crippen LogP contribution in [-0.4, -0.2) is 27.2 Å². The first-order valence-corrected chi connectivity index (χ1v) is 15.1. The number of hydrogen-bond acceptors (Lipinski definition) is 2. The molecule has 0 aromatic heterocycles. The fraction of sp³-hybridized carbons (Fsp3) is 0.571. The van der Waals surface area contributed by atoms with Crippen molar-refractivity contribution in [1.29, 1.82) is 0 Å². The van der Waals surface area contributed by atoms with E-state index < -0.39 is 0 Å². The van der Waals surface area contributed by atoms with Gasteiger partial charge in [0, 0.05) is 6.04 Å². The number of para-hydroxylation sites is 1. The summed E-state index contributed by atoms with van der Waals surface area (Å²) in [6.45, 7) is 20.7. The van der Waals surface area contributed by atoms with E-state index in [9.17, 15) is 0 Å². The molecule has 1 aromatic rings. The monoisotopic (exact) mass is 545 g/mol. The van der Waals surface area contributed by atoms with Gasteiger partial charge < -0.3 is 4.90 Å². The van der Waals surface area contributed by atoms with Crippen molar-refractivity contribution >= 4 is 14.3 Å². The molecule has 1 aliphatic carbocycles. The predicted molar refractivity (Wildman–Crippen MR) is 137 cm³/mol. The van der Waals surface area contributed by atoms with Gasteiger partial charge in [0.15, 0.2) is 0 Å². The van der Waals surface area contributed by atoms with Gasteiger partial charge >= 0.3 is 90.3 Å². The van der Waals surface area contributed by atoms with Gasteiger partial charge in [-0.3, -0.25) is 6.54 Å². The largest absolute Gasteiger partial charge is 0.445 e. The Labute approximate surface area is 208 Å². The summed E-state index contributed by atoms with van der Waals surface area (Å²) in [5, 5.41) is 0. The molecule has 1 fully saturated rings. The van der Waals surface area contributed by atoms with Gasteiger partial charge in [0.2, 0.25) is 0 Å². The number of halogens is 1. The zero-order valence-electron chi connectivity index (χ0n) is 21.1. The molecule has 3 rings (SSSR count). The Kier molecular flexibility index (Phi) is 10.4. The second kappa shape index (κ2) is 12.1. The Morgan fingerprint density at radius 1 is 1.22 bits per heavy atom. The summed E-state index contributed by atoms with van der Waals surface area (Å²) in [5.74, 6) is 1.58. The van der Waals surface area contributed by atoms with E-state index >= 15 is 0 Å². The first-order valence-electron chi connectivity index (χ1n) is 11.9. The van der Waals surface area contributed by atoms with Crippen LogP contribution in [0.1, 0.15) is 80.2 Å². The molecule has 0 bridgehead atoms. The summed E-state index contributed by atoms with van der Waals surface area (Å²) < 4.78 is 7.66. The average Bonchev–Trinajstić information content (AvgIpc) is 2.95. The zero-order valence-corrected chi connectivity index (χ0v) is 23.6. The molecular weight excluding hydrogens is 503 g/mol. The van der Waals surface area contributed by atoms with Gasteiger partial charge in [-0.2, -0.15) is 0 Å². The molecule has 1 aromatic carbocycles. The molecule has 2 aliphatic rings. The summed E-state index contributed by atoms with van der Waals surface area (Å²) in [6, 6.07) is 8.52. The summed E-state index contributed by atoms with van der Waals surface area (Å²) in [7, 11) is 5.72. The quantitative estimate of drug-likeness (QED) is 0.267. The van der Waals surface area contributed by atoms with Crippen molar-refractivity contribution in [2.45, 2.75) is 92.3 Å².